The molecule has 6 nitrogen and oxygen atoms in total. The third kappa shape index (κ3) is 4.62. The first-order valence-corrected chi connectivity index (χ1v) is 6.64. The Balaban J connectivity index is 2.68. The number of amides is 2. The zero-order chi connectivity index (χ0) is 15.1. The third-order valence-electron chi connectivity index (χ3n) is 2.86. The second-order valence-electron chi connectivity index (χ2n) is 4.41. The first-order valence-electron chi connectivity index (χ1n) is 6.26. The van der Waals surface area contributed by atoms with Crippen LogP contribution in [0.2, 0.25) is 5.02 Å². The number of hydrogen-bond donors (Lipinski definition) is 3. The van der Waals surface area contributed by atoms with Crippen molar-refractivity contribution in [1.82, 2.24) is 4.90 Å². The highest BCUT2D eigenvalue weighted by molar-refractivity contribution is 6.30. The molecule has 0 fully saturated rings. The van der Waals surface area contributed by atoms with Crippen LogP contribution in [0.4, 0.5) is 10.5 Å². The largest absolute Gasteiger partial charge is 0.409 e. The van der Waals surface area contributed by atoms with Gasteiger partial charge in [0.15, 0.2) is 0 Å². The van der Waals surface area contributed by atoms with Crippen LogP contribution in [-0.4, -0.2) is 35.1 Å². The monoisotopic (exact) mass is 298 g/mol. The fraction of sp³-hybridized carbons (Fsp3) is 0.385. The fourth-order valence-electron chi connectivity index (χ4n) is 1.65. The molecule has 1 rings (SSSR count). The lowest BCUT2D eigenvalue weighted by atomic mass is 10.1. The van der Waals surface area contributed by atoms with E-state index in [1.165, 1.54) is 0 Å². The van der Waals surface area contributed by atoms with Gasteiger partial charge in [-0.2, -0.15) is 0 Å². The summed E-state index contributed by atoms with van der Waals surface area (Å²) in [6.45, 7) is 4.51. The van der Waals surface area contributed by atoms with Crippen molar-refractivity contribution in [2.45, 2.75) is 13.8 Å². The van der Waals surface area contributed by atoms with Gasteiger partial charge in [0.25, 0.3) is 0 Å². The minimum atomic E-state index is -0.257. The molecule has 110 valence electrons. The van der Waals surface area contributed by atoms with Gasteiger partial charge in [0.05, 0.1) is 0 Å². The Morgan fingerprint density at radius 2 is 2.30 bits per heavy atom. The highest BCUT2D eigenvalue weighted by Crippen LogP contribution is 2.15. The summed E-state index contributed by atoms with van der Waals surface area (Å²) in [7, 11) is 0. The van der Waals surface area contributed by atoms with Crippen LogP contribution in [0.15, 0.2) is 29.4 Å². The van der Waals surface area contributed by atoms with Crippen molar-refractivity contribution in [3.8, 4) is 0 Å². The number of oxime groups is 1. The first-order chi connectivity index (χ1) is 9.47. The average molecular weight is 299 g/mol. The van der Waals surface area contributed by atoms with E-state index in [0.29, 0.717) is 23.8 Å². The summed E-state index contributed by atoms with van der Waals surface area (Å²) in [5, 5.41) is 14.9. The van der Waals surface area contributed by atoms with Gasteiger partial charge in [0, 0.05) is 29.7 Å². The molecule has 0 radical (unpaired) electrons. The number of benzene rings is 1. The molecule has 0 aliphatic carbocycles. The fourth-order valence-corrected chi connectivity index (χ4v) is 1.84. The summed E-state index contributed by atoms with van der Waals surface area (Å²) < 4.78 is 0. The molecular weight excluding hydrogens is 280 g/mol. The Kier molecular flexibility index (Phi) is 6.11. The Morgan fingerprint density at radius 1 is 1.60 bits per heavy atom. The van der Waals surface area contributed by atoms with E-state index in [4.69, 9.17) is 22.5 Å². The number of carbonyl (C=O) groups is 1. The van der Waals surface area contributed by atoms with Gasteiger partial charge in [-0.25, -0.2) is 4.79 Å². The summed E-state index contributed by atoms with van der Waals surface area (Å²) in [5.41, 5.74) is 6.14. The maximum absolute atomic E-state index is 12.1. The Bertz CT molecular complexity index is 493. The Morgan fingerprint density at radius 3 is 2.85 bits per heavy atom. The first kappa shape index (κ1) is 16.1. The van der Waals surface area contributed by atoms with Crippen LogP contribution in [0.3, 0.4) is 0 Å². The molecule has 0 spiro atoms. The number of carbonyl (C=O) groups excluding carboxylic acids is 1. The van der Waals surface area contributed by atoms with Gasteiger partial charge >= 0.3 is 6.03 Å². The number of rotatable bonds is 5. The van der Waals surface area contributed by atoms with Crippen LogP contribution >= 0.6 is 11.6 Å². The van der Waals surface area contributed by atoms with Crippen LogP contribution in [0.5, 0.6) is 0 Å². The molecule has 4 N–H and O–H groups in total. The lowest BCUT2D eigenvalue weighted by Gasteiger charge is -2.24. The zero-order valence-electron chi connectivity index (χ0n) is 11.5. The van der Waals surface area contributed by atoms with E-state index in [1.54, 1.807) is 36.1 Å². The van der Waals surface area contributed by atoms with E-state index in [2.05, 4.69) is 10.5 Å². The van der Waals surface area contributed by atoms with Crippen molar-refractivity contribution < 1.29 is 10.0 Å². The summed E-state index contributed by atoms with van der Waals surface area (Å²) in [6, 6.07) is 6.65. The van der Waals surface area contributed by atoms with Crippen LogP contribution in [0.25, 0.3) is 0 Å². The molecule has 1 aromatic carbocycles. The van der Waals surface area contributed by atoms with Crippen molar-refractivity contribution in [2.24, 2.45) is 16.8 Å². The number of nitrogens with zero attached hydrogens (tertiary/aromatic N) is 2. The third-order valence-corrected chi connectivity index (χ3v) is 3.09. The molecule has 2 amide bonds. The number of nitrogens with one attached hydrogen (secondary N) is 1. The number of urea groups is 1. The van der Waals surface area contributed by atoms with Crippen LogP contribution in [0.1, 0.15) is 13.8 Å². The van der Waals surface area contributed by atoms with E-state index in [0.717, 1.165) is 0 Å². The minimum Gasteiger partial charge on any atom is -0.409 e. The van der Waals surface area contributed by atoms with E-state index in [1.807, 2.05) is 6.92 Å². The molecule has 0 bridgehead atoms. The highest BCUT2D eigenvalue weighted by Gasteiger charge is 2.17. The normalized spacial score (nSPS) is 12.8. The number of nitrogens with two attached hydrogens (primary N) is 1. The quantitative estimate of drug-likeness (QED) is 0.338. The highest BCUT2D eigenvalue weighted by atomic mass is 35.5. The second kappa shape index (κ2) is 7.59. The predicted octanol–water partition coefficient (Wildman–Crippen LogP) is 2.58. The van der Waals surface area contributed by atoms with Crippen molar-refractivity contribution in [3.63, 3.8) is 0 Å². The van der Waals surface area contributed by atoms with Gasteiger partial charge in [-0.05, 0) is 25.1 Å². The molecule has 7 heteroatoms. The van der Waals surface area contributed by atoms with Crippen molar-refractivity contribution in [2.75, 3.05) is 18.4 Å². The molecule has 20 heavy (non-hydrogen) atoms. The summed E-state index contributed by atoms with van der Waals surface area (Å²) in [5.74, 6) is -0.135. The molecule has 0 aliphatic rings. The molecule has 0 aromatic heterocycles. The van der Waals surface area contributed by atoms with E-state index in [-0.39, 0.29) is 17.8 Å². The van der Waals surface area contributed by atoms with Gasteiger partial charge in [-0.3, -0.25) is 0 Å². The number of hydrogen-bond acceptors (Lipinski definition) is 3. The van der Waals surface area contributed by atoms with E-state index >= 15 is 0 Å². The zero-order valence-corrected chi connectivity index (χ0v) is 12.3. The maximum atomic E-state index is 12.1. The predicted molar refractivity (Wildman–Crippen MR) is 80.3 cm³/mol. The van der Waals surface area contributed by atoms with Crippen molar-refractivity contribution in [1.29, 1.82) is 0 Å². The smallest absolute Gasteiger partial charge is 0.321 e. The molecule has 1 aromatic rings. The number of amidine groups is 1. The average Bonchev–Trinajstić information content (AvgIpc) is 2.43. The topological polar surface area (TPSA) is 90.9 Å². The molecule has 0 saturated carbocycles. The standard InChI is InChI=1S/C13H19ClN4O2/c1-3-18(8-9(2)12(15)17-20)13(19)16-11-6-4-5-10(14)7-11/h4-7,9,20H,3,8H2,1-2H3,(H2,15,17)(H,16,19). The molecule has 0 aliphatic heterocycles. The van der Waals surface area contributed by atoms with Crippen LogP contribution in [-0.2, 0) is 0 Å². The lowest BCUT2D eigenvalue weighted by molar-refractivity contribution is 0.210. The van der Waals surface area contributed by atoms with Crippen molar-refractivity contribution in [3.05, 3.63) is 29.3 Å². The van der Waals surface area contributed by atoms with E-state index < -0.39 is 0 Å². The molecule has 1 unspecified atom stereocenters. The Labute approximate surface area is 123 Å². The Hall–Kier alpha value is -1.95. The molecular formula is C13H19ClN4O2. The van der Waals surface area contributed by atoms with E-state index in [9.17, 15) is 4.79 Å². The maximum Gasteiger partial charge on any atom is 0.321 e. The summed E-state index contributed by atoms with van der Waals surface area (Å²) in [6.07, 6.45) is 0. The molecule has 0 heterocycles. The lowest BCUT2D eigenvalue weighted by Crippen LogP contribution is -2.41. The van der Waals surface area contributed by atoms with Gasteiger partial charge in [-0.15, -0.1) is 0 Å². The summed E-state index contributed by atoms with van der Waals surface area (Å²) in [4.78, 5) is 13.7. The van der Waals surface area contributed by atoms with Gasteiger partial charge in [-0.1, -0.05) is 29.7 Å². The SMILES string of the molecule is CCN(CC(C)C(N)=NO)C(=O)Nc1cccc(Cl)c1. The van der Waals surface area contributed by atoms with Crippen molar-refractivity contribution >= 4 is 29.2 Å². The number of halogens is 1. The second-order valence-corrected chi connectivity index (χ2v) is 4.84. The van der Waals surface area contributed by atoms with Gasteiger partial charge < -0.3 is 21.2 Å². The van der Waals surface area contributed by atoms with Crippen LogP contribution in [0, 0.1) is 5.92 Å². The molecule has 1 atom stereocenters. The molecule has 0 saturated heterocycles. The minimum absolute atomic E-state index is 0.0963. The van der Waals surface area contributed by atoms with Crippen LogP contribution < -0.4 is 11.1 Å². The number of anilines is 1. The summed E-state index contributed by atoms with van der Waals surface area (Å²) >= 11 is 5.86. The van der Waals surface area contributed by atoms with Gasteiger partial charge in [0.2, 0.25) is 0 Å². The van der Waals surface area contributed by atoms with Gasteiger partial charge in [0.1, 0.15) is 5.84 Å².